The molecule has 0 radical (unpaired) electrons. The Labute approximate surface area is 231 Å². The number of nitrogens with two attached hydrogens (primary N) is 2. The minimum Gasteiger partial charge on any atom is -0.475 e. The fourth-order valence-electron chi connectivity index (χ4n) is 3.34. The second-order valence-electron chi connectivity index (χ2n) is 8.40. The molecule has 3 aromatic rings. The summed E-state index contributed by atoms with van der Waals surface area (Å²) < 4.78 is 59.8. The number of carboxylic acid groups (broad SMARTS) is 1. The van der Waals surface area contributed by atoms with Crippen molar-refractivity contribution in [3.05, 3.63) is 75.7 Å². The third-order valence-electron chi connectivity index (χ3n) is 4.96. The molecule has 0 aliphatic carbocycles. The summed E-state index contributed by atoms with van der Waals surface area (Å²) in [5, 5.41) is 14.9. The number of rotatable bonds is 10. The average Bonchev–Trinajstić information content (AvgIpc) is 2.85. The molecular weight excluding hydrogens is 573 g/mol. The predicted molar refractivity (Wildman–Crippen MR) is 144 cm³/mol. The monoisotopic (exact) mass is 600 g/mol. The normalized spacial score (nSPS) is 11.1. The summed E-state index contributed by atoms with van der Waals surface area (Å²) in [5.74, 6) is -3.77. The number of hydrogen-bond acceptors (Lipinski definition) is 7. The van der Waals surface area contributed by atoms with Gasteiger partial charge in [0.05, 0.1) is 18.7 Å². The van der Waals surface area contributed by atoms with Crippen LogP contribution in [0.2, 0.25) is 0 Å². The molecule has 2 aromatic carbocycles. The summed E-state index contributed by atoms with van der Waals surface area (Å²) in [6.45, 7) is 1.78. The SMILES string of the molecule is Cc1cc(CC(=O)NCCON=C(N)N)c(NS(=O)(=O)Cc2ccc3ccccc3c2)c(=O)[nH]1.O=C(O)C(F)(F)F. The number of nitrogens with one attached hydrogen (secondary N) is 3. The molecule has 0 unspecified atom stereocenters. The number of amides is 1. The van der Waals surface area contributed by atoms with Crippen LogP contribution in [0.15, 0.2) is 58.5 Å². The highest BCUT2D eigenvalue weighted by Crippen LogP contribution is 2.19. The van der Waals surface area contributed by atoms with E-state index in [4.69, 9.17) is 26.2 Å². The molecule has 0 bridgehead atoms. The number of guanidine groups is 1. The third-order valence-corrected chi connectivity index (χ3v) is 6.19. The van der Waals surface area contributed by atoms with Crippen molar-refractivity contribution in [2.45, 2.75) is 25.3 Å². The lowest BCUT2D eigenvalue weighted by molar-refractivity contribution is -0.192. The van der Waals surface area contributed by atoms with Gasteiger partial charge >= 0.3 is 12.1 Å². The number of halogens is 3. The Balaban J connectivity index is 0.000000745. The number of aromatic nitrogens is 1. The number of aromatic amines is 1. The minimum absolute atomic E-state index is 0.0310. The van der Waals surface area contributed by atoms with Gasteiger partial charge in [0.2, 0.25) is 21.9 Å². The molecule has 1 aromatic heterocycles. The first-order valence-electron chi connectivity index (χ1n) is 11.6. The molecule has 0 aliphatic heterocycles. The Hall–Kier alpha value is -4.80. The van der Waals surface area contributed by atoms with Crippen LogP contribution in [0.4, 0.5) is 18.9 Å². The number of nitrogens with zero attached hydrogens (tertiary/aromatic N) is 1. The molecule has 0 aliphatic rings. The van der Waals surface area contributed by atoms with Crippen molar-refractivity contribution in [1.29, 1.82) is 0 Å². The number of sulfonamides is 1. The smallest absolute Gasteiger partial charge is 0.475 e. The Bertz CT molecular complexity index is 1590. The van der Waals surface area contributed by atoms with E-state index in [1.54, 1.807) is 25.1 Å². The molecule has 41 heavy (non-hydrogen) atoms. The predicted octanol–water partition coefficient (Wildman–Crippen LogP) is 1.28. The van der Waals surface area contributed by atoms with Crippen molar-refractivity contribution < 1.29 is 41.1 Å². The maximum absolute atomic E-state index is 12.9. The molecule has 0 saturated carbocycles. The number of oxime groups is 1. The number of carboxylic acids is 1. The van der Waals surface area contributed by atoms with Crippen molar-refractivity contribution in [1.82, 2.24) is 10.3 Å². The van der Waals surface area contributed by atoms with Crippen molar-refractivity contribution in [2.24, 2.45) is 16.6 Å². The van der Waals surface area contributed by atoms with Gasteiger partial charge in [-0.3, -0.25) is 14.3 Å². The molecule has 0 saturated heterocycles. The number of H-pyrrole nitrogens is 1. The van der Waals surface area contributed by atoms with Gasteiger partial charge in [0.1, 0.15) is 12.3 Å². The molecular formula is C24H27F3N6O7S. The molecule has 13 nitrogen and oxygen atoms in total. The summed E-state index contributed by atoms with van der Waals surface area (Å²) in [4.78, 5) is 41.1. The van der Waals surface area contributed by atoms with Gasteiger partial charge in [-0.2, -0.15) is 13.2 Å². The van der Waals surface area contributed by atoms with E-state index in [-0.39, 0.29) is 42.5 Å². The molecule has 0 atom stereocenters. The second kappa shape index (κ2) is 14.0. The lowest BCUT2D eigenvalue weighted by Gasteiger charge is -2.13. The van der Waals surface area contributed by atoms with Crippen molar-refractivity contribution in [3.63, 3.8) is 0 Å². The van der Waals surface area contributed by atoms with Gasteiger partial charge in [0.25, 0.3) is 5.56 Å². The summed E-state index contributed by atoms with van der Waals surface area (Å²) in [5.41, 5.74) is 10.7. The van der Waals surface area contributed by atoms with Crippen LogP contribution in [0.1, 0.15) is 16.8 Å². The maximum Gasteiger partial charge on any atom is 0.490 e. The van der Waals surface area contributed by atoms with Gasteiger partial charge in [0.15, 0.2) is 0 Å². The Kier molecular flexibility index (Phi) is 11.1. The highest BCUT2D eigenvalue weighted by Gasteiger charge is 2.38. The van der Waals surface area contributed by atoms with E-state index in [0.717, 1.165) is 10.8 Å². The van der Waals surface area contributed by atoms with E-state index in [9.17, 15) is 31.2 Å². The number of pyridine rings is 1. The Morgan fingerprint density at radius 3 is 2.34 bits per heavy atom. The molecule has 8 N–H and O–H groups in total. The van der Waals surface area contributed by atoms with Crippen LogP contribution in [0, 0.1) is 6.92 Å². The number of aryl methyl sites for hydroxylation is 1. The van der Waals surface area contributed by atoms with Crippen LogP contribution >= 0.6 is 0 Å². The van der Waals surface area contributed by atoms with Gasteiger partial charge < -0.3 is 31.7 Å². The second-order valence-corrected chi connectivity index (χ2v) is 10.1. The van der Waals surface area contributed by atoms with Crippen molar-refractivity contribution in [2.75, 3.05) is 17.9 Å². The van der Waals surface area contributed by atoms with Crippen LogP contribution in [-0.4, -0.2) is 55.7 Å². The number of anilines is 1. The number of benzene rings is 2. The van der Waals surface area contributed by atoms with Gasteiger partial charge in [0, 0.05) is 5.69 Å². The van der Waals surface area contributed by atoms with E-state index in [1.165, 1.54) is 0 Å². The fourth-order valence-corrected chi connectivity index (χ4v) is 4.56. The zero-order chi connectivity index (χ0) is 30.8. The van der Waals surface area contributed by atoms with Gasteiger partial charge in [-0.15, -0.1) is 0 Å². The zero-order valence-corrected chi connectivity index (χ0v) is 22.3. The summed E-state index contributed by atoms with van der Waals surface area (Å²) >= 11 is 0. The van der Waals surface area contributed by atoms with Crippen LogP contribution < -0.4 is 27.1 Å². The molecule has 3 rings (SSSR count). The Morgan fingerprint density at radius 2 is 1.73 bits per heavy atom. The van der Waals surface area contributed by atoms with E-state index in [1.807, 2.05) is 30.3 Å². The molecule has 1 heterocycles. The number of fused-ring (bicyclic) bond motifs is 1. The molecule has 0 fully saturated rings. The first-order chi connectivity index (χ1) is 19.1. The van der Waals surface area contributed by atoms with Crippen molar-refractivity contribution >= 4 is 44.3 Å². The molecule has 17 heteroatoms. The minimum atomic E-state index is -5.08. The average molecular weight is 601 g/mol. The van der Waals surface area contributed by atoms with E-state index in [2.05, 4.69) is 20.2 Å². The van der Waals surface area contributed by atoms with Crippen LogP contribution in [0.3, 0.4) is 0 Å². The lowest BCUT2D eigenvalue weighted by atomic mass is 10.1. The van der Waals surface area contributed by atoms with E-state index >= 15 is 0 Å². The molecule has 222 valence electrons. The topological polar surface area (TPSA) is 219 Å². The number of hydrogen-bond donors (Lipinski definition) is 6. The summed E-state index contributed by atoms with van der Waals surface area (Å²) in [7, 11) is -3.94. The van der Waals surface area contributed by atoms with Crippen LogP contribution in [0.25, 0.3) is 10.8 Å². The fraction of sp³-hybridized carbons (Fsp3) is 0.250. The largest absolute Gasteiger partial charge is 0.490 e. The van der Waals surface area contributed by atoms with Gasteiger partial charge in [-0.1, -0.05) is 42.5 Å². The van der Waals surface area contributed by atoms with Crippen LogP contribution in [0.5, 0.6) is 0 Å². The summed E-state index contributed by atoms with van der Waals surface area (Å²) in [6.07, 6.45) is -5.30. The third kappa shape index (κ3) is 11.1. The quantitative estimate of drug-likeness (QED) is 0.0853. The number of alkyl halides is 3. The van der Waals surface area contributed by atoms with Gasteiger partial charge in [-0.25, -0.2) is 13.2 Å². The van der Waals surface area contributed by atoms with E-state index in [0.29, 0.717) is 11.3 Å². The molecule has 1 amide bonds. The standard InChI is InChI=1S/C22H26N6O5S.C2HF3O2/c1-14-10-18(12-19(29)25-8-9-33-27-22(23)24)20(21(30)26-14)28-34(31,32)13-15-6-7-16-4-2-3-5-17(16)11-15;3-2(4,5)1(6)7/h2-7,10-11,28H,8-9,12-13H2,1H3,(H,25,29)(H,26,30)(H4,23,24,27);(H,6,7). The molecule has 0 spiro atoms. The highest BCUT2D eigenvalue weighted by molar-refractivity contribution is 7.91. The zero-order valence-electron chi connectivity index (χ0n) is 21.5. The Morgan fingerprint density at radius 1 is 1.10 bits per heavy atom. The highest BCUT2D eigenvalue weighted by atomic mass is 32.2. The van der Waals surface area contributed by atoms with Crippen LogP contribution in [-0.2, 0) is 36.6 Å². The maximum atomic E-state index is 12.9. The number of aliphatic carboxylic acids is 1. The number of carbonyl (C=O) groups is 2. The van der Waals surface area contributed by atoms with Gasteiger partial charge in [-0.05, 0) is 40.0 Å². The van der Waals surface area contributed by atoms with Crippen molar-refractivity contribution in [3.8, 4) is 0 Å². The number of carbonyl (C=O) groups excluding carboxylic acids is 1. The first kappa shape index (κ1) is 32.4. The first-order valence-corrected chi connectivity index (χ1v) is 13.2. The lowest BCUT2D eigenvalue weighted by Crippen LogP contribution is -2.30. The summed E-state index contributed by atoms with van der Waals surface area (Å²) in [6, 6.07) is 14.5. The van der Waals surface area contributed by atoms with E-state index < -0.39 is 33.6 Å².